The molecule has 1 saturated heterocycles. The second kappa shape index (κ2) is 9.05. The van der Waals surface area contributed by atoms with Crippen LogP contribution in [0.15, 0.2) is 66.9 Å². The molecule has 0 aliphatic carbocycles. The molecular formula is C24H25FN4O. The summed E-state index contributed by atoms with van der Waals surface area (Å²) < 4.78 is 13.0. The van der Waals surface area contributed by atoms with Crippen molar-refractivity contribution in [2.45, 2.75) is 25.9 Å². The number of anilines is 2. The fourth-order valence-electron chi connectivity index (χ4n) is 3.55. The molecule has 2 aromatic carbocycles. The second-order valence-corrected chi connectivity index (χ2v) is 7.66. The highest BCUT2D eigenvalue weighted by molar-refractivity contribution is 6.04. The van der Waals surface area contributed by atoms with Crippen LogP contribution in [0.3, 0.4) is 0 Å². The van der Waals surface area contributed by atoms with Crippen LogP contribution in [0.2, 0.25) is 0 Å². The fraction of sp³-hybridized carbons (Fsp3) is 0.250. The smallest absolute Gasteiger partial charge is 0.257 e. The minimum absolute atomic E-state index is 0.264. The van der Waals surface area contributed by atoms with Crippen LogP contribution in [-0.2, 0) is 6.54 Å². The van der Waals surface area contributed by atoms with Gasteiger partial charge in [-0.1, -0.05) is 29.8 Å². The number of carbonyl (C=O) groups is 1. The van der Waals surface area contributed by atoms with Gasteiger partial charge in [0.05, 0.1) is 5.56 Å². The molecule has 154 valence electrons. The summed E-state index contributed by atoms with van der Waals surface area (Å²) >= 11 is 0. The van der Waals surface area contributed by atoms with Crippen molar-refractivity contribution in [3.63, 3.8) is 0 Å². The number of nitrogens with zero attached hydrogens (tertiary/aromatic N) is 2. The Hall–Kier alpha value is -3.25. The molecule has 2 N–H and O–H groups in total. The first kappa shape index (κ1) is 20.0. The molecule has 5 nitrogen and oxygen atoms in total. The van der Waals surface area contributed by atoms with Crippen molar-refractivity contribution >= 4 is 17.4 Å². The van der Waals surface area contributed by atoms with Gasteiger partial charge in [-0.15, -0.1) is 0 Å². The van der Waals surface area contributed by atoms with Crippen molar-refractivity contribution in [1.82, 2.24) is 10.3 Å². The molecule has 3 aromatic rings. The maximum Gasteiger partial charge on any atom is 0.257 e. The molecular weight excluding hydrogens is 379 g/mol. The van der Waals surface area contributed by atoms with Crippen molar-refractivity contribution < 1.29 is 9.18 Å². The molecule has 6 heteroatoms. The molecule has 4 rings (SSSR count). The summed E-state index contributed by atoms with van der Waals surface area (Å²) in [6.07, 6.45) is 2.64. The van der Waals surface area contributed by atoms with Crippen LogP contribution in [0.25, 0.3) is 0 Å². The Morgan fingerprint density at radius 3 is 2.57 bits per heavy atom. The van der Waals surface area contributed by atoms with Crippen molar-refractivity contribution in [2.24, 2.45) is 0 Å². The highest BCUT2D eigenvalue weighted by atomic mass is 19.1. The Kier molecular flexibility index (Phi) is 6.05. The predicted molar refractivity (Wildman–Crippen MR) is 117 cm³/mol. The van der Waals surface area contributed by atoms with E-state index in [0.717, 1.165) is 31.9 Å². The summed E-state index contributed by atoms with van der Waals surface area (Å²) in [6, 6.07) is 18.3. The highest BCUT2D eigenvalue weighted by Crippen LogP contribution is 2.19. The van der Waals surface area contributed by atoms with Gasteiger partial charge in [-0.3, -0.25) is 4.79 Å². The van der Waals surface area contributed by atoms with E-state index >= 15 is 0 Å². The number of nitrogens with one attached hydrogen (secondary N) is 2. The summed E-state index contributed by atoms with van der Waals surface area (Å²) in [6.45, 7) is 4.77. The molecule has 2 heterocycles. The van der Waals surface area contributed by atoms with Gasteiger partial charge in [-0.05, 0) is 55.3 Å². The third kappa shape index (κ3) is 5.02. The van der Waals surface area contributed by atoms with Crippen molar-refractivity contribution in [3.05, 3.63) is 89.4 Å². The molecule has 0 radical (unpaired) electrons. The number of carbonyl (C=O) groups excluding carboxylic acids is 1. The fourth-order valence-corrected chi connectivity index (χ4v) is 3.55. The van der Waals surface area contributed by atoms with Crippen LogP contribution in [0, 0.1) is 12.7 Å². The molecule has 0 spiro atoms. The molecule has 0 unspecified atom stereocenters. The monoisotopic (exact) mass is 404 g/mol. The van der Waals surface area contributed by atoms with E-state index in [-0.39, 0.29) is 11.7 Å². The number of aromatic nitrogens is 1. The molecule has 0 saturated carbocycles. The molecule has 1 fully saturated rings. The number of benzene rings is 2. The van der Waals surface area contributed by atoms with Crippen LogP contribution >= 0.6 is 0 Å². The Morgan fingerprint density at radius 2 is 1.87 bits per heavy atom. The summed E-state index contributed by atoms with van der Waals surface area (Å²) in [5.41, 5.74) is 3.57. The van der Waals surface area contributed by atoms with Gasteiger partial charge in [-0.2, -0.15) is 0 Å². The Balaban J connectivity index is 1.30. The lowest BCUT2D eigenvalue weighted by molar-refractivity contribution is 0.102. The molecule has 1 aliphatic heterocycles. The minimum atomic E-state index is -0.337. The van der Waals surface area contributed by atoms with Crippen molar-refractivity contribution in [1.29, 1.82) is 0 Å². The van der Waals surface area contributed by atoms with Gasteiger partial charge < -0.3 is 15.5 Å². The molecule has 1 amide bonds. The first-order chi connectivity index (χ1) is 14.6. The second-order valence-electron chi connectivity index (χ2n) is 7.66. The average molecular weight is 404 g/mol. The van der Waals surface area contributed by atoms with E-state index in [1.807, 2.05) is 6.07 Å². The van der Waals surface area contributed by atoms with Gasteiger partial charge in [0.2, 0.25) is 0 Å². The number of halogens is 1. The lowest BCUT2D eigenvalue weighted by Crippen LogP contribution is -2.32. The number of hydrogen-bond donors (Lipinski definition) is 2. The third-order valence-electron chi connectivity index (χ3n) is 5.34. The summed E-state index contributed by atoms with van der Waals surface area (Å²) in [5.74, 6) is 0.268. The zero-order valence-electron chi connectivity index (χ0n) is 16.9. The van der Waals surface area contributed by atoms with E-state index in [9.17, 15) is 9.18 Å². The Bertz CT molecular complexity index is 987. The van der Waals surface area contributed by atoms with E-state index in [1.165, 1.54) is 35.4 Å². The predicted octanol–water partition coefficient (Wildman–Crippen LogP) is 4.15. The van der Waals surface area contributed by atoms with Gasteiger partial charge in [-0.25, -0.2) is 9.37 Å². The van der Waals surface area contributed by atoms with Gasteiger partial charge in [0, 0.05) is 37.6 Å². The maximum atomic E-state index is 13.0. The Morgan fingerprint density at radius 1 is 1.10 bits per heavy atom. The average Bonchev–Trinajstić information content (AvgIpc) is 3.24. The van der Waals surface area contributed by atoms with Crippen LogP contribution in [0.4, 0.5) is 15.9 Å². The summed E-state index contributed by atoms with van der Waals surface area (Å²) in [7, 11) is 0. The van der Waals surface area contributed by atoms with E-state index < -0.39 is 0 Å². The molecule has 1 aliphatic rings. The number of rotatable bonds is 6. The molecule has 1 atom stereocenters. The number of pyridine rings is 1. The number of hydrogen-bond acceptors (Lipinski definition) is 4. The van der Waals surface area contributed by atoms with Crippen LogP contribution in [0.5, 0.6) is 0 Å². The highest BCUT2D eigenvalue weighted by Gasteiger charge is 2.23. The van der Waals surface area contributed by atoms with Gasteiger partial charge in [0.25, 0.3) is 5.91 Å². The van der Waals surface area contributed by atoms with Crippen LogP contribution in [-0.4, -0.2) is 30.0 Å². The zero-order chi connectivity index (χ0) is 20.9. The standard InChI is InChI=1S/C24H25FN4O/c1-17-2-4-18(5-3-17)14-26-22-12-13-29(16-22)23-11-6-19(15-27-23)24(30)28-21-9-7-20(25)8-10-21/h2-11,15,22,26H,12-14,16H2,1H3,(H,28,30)/t22-/m1/s1. The number of amides is 1. The maximum absolute atomic E-state index is 13.0. The normalized spacial score (nSPS) is 15.9. The lowest BCUT2D eigenvalue weighted by atomic mass is 10.1. The van der Waals surface area contributed by atoms with Crippen molar-refractivity contribution in [3.8, 4) is 0 Å². The lowest BCUT2D eigenvalue weighted by Gasteiger charge is -2.18. The van der Waals surface area contributed by atoms with Crippen LogP contribution in [0.1, 0.15) is 27.9 Å². The quantitative estimate of drug-likeness (QED) is 0.648. The van der Waals surface area contributed by atoms with Gasteiger partial charge in [0.1, 0.15) is 11.6 Å². The summed E-state index contributed by atoms with van der Waals surface area (Å²) in [5, 5.41) is 6.37. The SMILES string of the molecule is Cc1ccc(CN[C@@H]2CCN(c3ccc(C(=O)Nc4ccc(F)cc4)cn3)C2)cc1. The van der Waals surface area contributed by atoms with E-state index in [1.54, 1.807) is 12.3 Å². The van der Waals surface area contributed by atoms with Gasteiger partial charge >= 0.3 is 0 Å². The molecule has 0 bridgehead atoms. The van der Waals surface area contributed by atoms with E-state index in [0.29, 0.717) is 17.3 Å². The Labute approximate surface area is 176 Å². The largest absolute Gasteiger partial charge is 0.355 e. The molecule has 30 heavy (non-hydrogen) atoms. The first-order valence-corrected chi connectivity index (χ1v) is 10.1. The third-order valence-corrected chi connectivity index (χ3v) is 5.34. The van der Waals surface area contributed by atoms with E-state index in [2.05, 4.69) is 51.7 Å². The van der Waals surface area contributed by atoms with Crippen LogP contribution < -0.4 is 15.5 Å². The first-order valence-electron chi connectivity index (χ1n) is 10.1. The minimum Gasteiger partial charge on any atom is -0.355 e. The number of aryl methyl sites for hydroxylation is 1. The topological polar surface area (TPSA) is 57.3 Å². The van der Waals surface area contributed by atoms with E-state index in [4.69, 9.17) is 0 Å². The van der Waals surface area contributed by atoms with Gasteiger partial charge in [0.15, 0.2) is 0 Å². The zero-order valence-corrected chi connectivity index (χ0v) is 16.9. The van der Waals surface area contributed by atoms with Crippen molar-refractivity contribution in [2.75, 3.05) is 23.3 Å². The summed E-state index contributed by atoms with van der Waals surface area (Å²) in [4.78, 5) is 19.1. The molecule has 1 aromatic heterocycles.